The van der Waals surface area contributed by atoms with E-state index >= 15 is 0 Å². The van der Waals surface area contributed by atoms with E-state index in [0.717, 1.165) is 24.2 Å². The van der Waals surface area contributed by atoms with E-state index in [4.69, 9.17) is 9.52 Å². The average Bonchev–Trinajstić information content (AvgIpc) is 2.78. The van der Waals surface area contributed by atoms with Crippen LogP contribution in [0.1, 0.15) is 46.2 Å². The van der Waals surface area contributed by atoms with Gasteiger partial charge >= 0.3 is 5.97 Å². The van der Waals surface area contributed by atoms with E-state index in [-0.39, 0.29) is 0 Å². The van der Waals surface area contributed by atoms with Crippen molar-refractivity contribution in [3.63, 3.8) is 0 Å². The third-order valence-corrected chi connectivity index (χ3v) is 2.52. The topological polar surface area (TPSA) is 50.4 Å². The van der Waals surface area contributed by atoms with Crippen LogP contribution in [0.15, 0.2) is 4.42 Å². The molecule has 0 atom stereocenters. The molecule has 0 radical (unpaired) electrons. The minimum absolute atomic E-state index is 0.349. The van der Waals surface area contributed by atoms with Gasteiger partial charge in [-0.1, -0.05) is 0 Å². The molecule has 70 valence electrons. The van der Waals surface area contributed by atoms with Gasteiger partial charge in [-0.25, -0.2) is 4.79 Å². The maximum Gasteiger partial charge on any atom is 0.339 e. The van der Waals surface area contributed by atoms with Crippen molar-refractivity contribution in [2.45, 2.75) is 32.6 Å². The van der Waals surface area contributed by atoms with Gasteiger partial charge in [-0.15, -0.1) is 0 Å². The standard InChI is InChI=1S/C10H12O3/c1-5-8(10(11)12)6(2)13-9(5)7-3-4-7/h7H,3-4H2,1-2H3,(H,11,12). The Balaban J connectivity index is 2.50. The Labute approximate surface area is 76.4 Å². The number of carboxylic acids is 1. The largest absolute Gasteiger partial charge is 0.478 e. The number of aromatic carboxylic acids is 1. The lowest BCUT2D eigenvalue weighted by atomic mass is 10.1. The van der Waals surface area contributed by atoms with Crippen molar-refractivity contribution < 1.29 is 14.3 Å². The number of rotatable bonds is 2. The lowest BCUT2D eigenvalue weighted by Gasteiger charge is -1.92. The van der Waals surface area contributed by atoms with E-state index in [0.29, 0.717) is 17.2 Å². The monoisotopic (exact) mass is 180 g/mol. The fourth-order valence-corrected chi connectivity index (χ4v) is 1.73. The maximum atomic E-state index is 10.8. The quantitative estimate of drug-likeness (QED) is 0.760. The number of furan rings is 1. The molecule has 13 heavy (non-hydrogen) atoms. The van der Waals surface area contributed by atoms with Crippen molar-refractivity contribution in [3.05, 3.63) is 22.6 Å². The summed E-state index contributed by atoms with van der Waals surface area (Å²) >= 11 is 0. The van der Waals surface area contributed by atoms with E-state index in [2.05, 4.69) is 0 Å². The fourth-order valence-electron chi connectivity index (χ4n) is 1.73. The minimum Gasteiger partial charge on any atom is -0.478 e. The molecule has 1 aliphatic carbocycles. The van der Waals surface area contributed by atoms with Crippen LogP contribution >= 0.6 is 0 Å². The predicted molar refractivity (Wildman–Crippen MR) is 47.1 cm³/mol. The van der Waals surface area contributed by atoms with Crippen LogP contribution in [0.4, 0.5) is 0 Å². The minimum atomic E-state index is -0.884. The molecule has 0 saturated heterocycles. The van der Waals surface area contributed by atoms with Crippen LogP contribution in [0.25, 0.3) is 0 Å². The normalized spacial score (nSPS) is 16.2. The Bertz CT molecular complexity index is 358. The van der Waals surface area contributed by atoms with Gasteiger partial charge in [0.1, 0.15) is 17.1 Å². The second-order valence-electron chi connectivity index (χ2n) is 3.60. The summed E-state index contributed by atoms with van der Waals surface area (Å²) in [5, 5.41) is 8.90. The molecule has 0 amide bonds. The first-order valence-electron chi connectivity index (χ1n) is 4.44. The molecule has 2 rings (SSSR count). The predicted octanol–water partition coefficient (Wildman–Crippen LogP) is 2.47. The number of carboxylic acid groups (broad SMARTS) is 1. The molecular weight excluding hydrogens is 168 g/mol. The lowest BCUT2D eigenvalue weighted by Crippen LogP contribution is -1.98. The third kappa shape index (κ3) is 1.24. The molecule has 0 spiro atoms. The molecule has 1 saturated carbocycles. The van der Waals surface area contributed by atoms with Gasteiger partial charge in [0.25, 0.3) is 0 Å². The zero-order valence-corrected chi connectivity index (χ0v) is 7.76. The van der Waals surface area contributed by atoms with Crippen molar-refractivity contribution in [2.24, 2.45) is 0 Å². The van der Waals surface area contributed by atoms with E-state index in [1.165, 1.54) is 0 Å². The van der Waals surface area contributed by atoms with Gasteiger partial charge in [0.15, 0.2) is 0 Å². The van der Waals surface area contributed by atoms with Crippen LogP contribution in [-0.2, 0) is 0 Å². The number of hydrogen-bond acceptors (Lipinski definition) is 2. The summed E-state index contributed by atoms with van der Waals surface area (Å²) in [6.45, 7) is 3.54. The van der Waals surface area contributed by atoms with E-state index in [9.17, 15) is 4.79 Å². The van der Waals surface area contributed by atoms with Crippen LogP contribution in [0.2, 0.25) is 0 Å². The Morgan fingerprint density at radius 2 is 2.08 bits per heavy atom. The smallest absolute Gasteiger partial charge is 0.339 e. The van der Waals surface area contributed by atoms with Crippen molar-refractivity contribution in [1.29, 1.82) is 0 Å². The van der Waals surface area contributed by atoms with Crippen molar-refractivity contribution in [3.8, 4) is 0 Å². The summed E-state index contributed by atoms with van der Waals surface area (Å²) in [6, 6.07) is 0. The van der Waals surface area contributed by atoms with Crippen LogP contribution in [0.3, 0.4) is 0 Å². The van der Waals surface area contributed by atoms with Crippen LogP contribution in [0, 0.1) is 13.8 Å². The molecule has 1 fully saturated rings. The summed E-state index contributed by atoms with van der Waals surface area (Å²) in [5.74, 6) is 1.01. The summed E-state index contributed by atoms with van der Waals surface area (Å²) < 4.78 is 5.45. The summed E-state index contributed by atoms with van der Waals surface area (Å²) in [6.07, 6.45) is 2.26. The molecule has 3 nitrogen and oxygen atoms in total. The van der Waals surface area contributed by atoms with Gasteiger partial charge in [-0.05, 0) is 26.7 Å². The Kier molecular flexibility index (Phi) is 1.68. The highest BCUT2D eigenvalue weighted by Crippen LogP contribution is 2.43. The van der Waals surface area contributed by atoms with Crippen molar-refractivity contribution in [1.82, 2.24) is 0 Å². The first-order chi connectivity index (χ1) is 6.11. The SMILES string of the molecule is Cc1oc(C2CC2)c(C)c1C(=O)O. The molecule has 0 aromatic carbocycles. The van der Waals surface area contributed by atoms with E-state index in [1.807, 2.05) is 6.92 Å². The van der Waals surface area contributed by atoms with Crippen molar-refractivity contribution in [2.75, 3.05) is 0 Å². The highest BCUT2D eigenvalue weighted by atomic mass is 16.4. The van der Waals surface area contributed by atoms with Crippen LogP contribution in [0.5, 0.6) is 0 Å². The maximum absolute atomic E-state index is 10.8. The first-order valence-corrected chi connectivity index (χ1v) is 4.44. The number of hydrogen-bond donors (Lipinski definition) is 1. The van der Waals surface area contributed by atoms with Crippen LogP contribution < -0.4 is 0 Å². The first kappa shape index (κ1) is 8.35. The van der Waals surface area contributed by atoms with Gasteiger partial charge in [-0.2, -0.15) is 0 Å². The second-order valence-corrected chi connectivity index (χ2v) is 3.60. The Hall–Kier alpha value is -1.25. The molecule has 1 aromatic rings. The fraction of sp³-hybridized carbons (Fsp3) is 0.500. The van der Waals surface area contributed by atoms with Crippen molar-refractivity contribution >= 4 is 5.97 Å². The van der Waals surface area contributed by atoms with E-state index < -0.39 is 5.97 Å². The summed E-state index contributed by atoms with van der Waals surface area (Å²) in [5.41, 5.74) is 1.16. The Morgan fingerprint density at radius 1 is 1.46 bits per heavy atom. The molecule has 1 N–H and O–H groups in total. The highest BCUT2D eigenvalue weighted by Gasteiger charge is 2.32. The van der Waals surface area contributed by atoms with Crippen LogP contribution in [-0.4, -0.2) is 11.1 Å². The van der Waals surface area contributed by atoms with Gasteiger partial charge in [0.05, 0.1) is 0 Å². The van der Waals surface area contributed by atoms with Gasteiger partial charge in [0.2, 0.25) is 0 Å². The number of carbonyl (C=O) groups is 1. The molecule has 3 heteroatoms. The van der Waals surface area contributed by atoms with E-state index in [1.54, 1.807) is 6.92 Å². The second kappa shape index (κ2) is 2.62. The molecular formula is C10H12O3. The molecule has 0 aliphatic heterocycles. The molecule has 1 aliphatic rings. The highest BCUT2D eigenvalue weighted by molar-refractivity contribution is 5.90. The molecule has 1 heterocycles. The van der Waals surface area contributed by atoms with Gasteiger partial charge < -0.3 is 9.52 Å². The summed E-state index contributed by atoms with van der Waals surface area (Å²) in [7, 11) is 0. The zero-order chi connectivity index (χ0) is 9.59. The summed E-state index contributed by atoms with van der Waals surface area (Å²) in [4.78, 5) is 10.8. The molecule has 0 bridgehead atoms. The zero-order valence-electron chi connectivity index (χ0n) is 7.76. The van der Waals surface area contributed by atoms with Gasteiger partial charge in [0, 0.05) is 11.5 Å². The number of aryl methyl sites for hydroxylation is 1. The third-order valence-electron chi connectivity index (χ3n) is 2.52. The Morgan fingerprint density at radius 3 is 2.46 bits per heavy atom. The molecule has 0 unspecified atom stereocenters. The van der Waals surface area contributed by atoms with Gasteiger partial charge in [-0.3, -0.25) is 0 Å². The average molecular weight is 180 g/mol. The molecule has 1 aromatic heterocycles. The lowest BCUT2D eigenvalue weighted by molar-refractivity contribution is 0.0694.